The van der Waals surface area contributed by atoms with Crippen molar-refractivity contribution in [2.24, 2.45) is 5.73 Å². The summed E-state index contributed by atoms with van der Waals surface area (Å²) in [5.41, 5.74) is 6.77. The van der Waals surface area contributed by atoms with Gasteiger partial charge < -0.3 is 16.2 Å². The fourth-order valence-corrected chi connectivity index (χ4v) is 2.48. The van der Waals surface area contributed by atoms with Gasteiger partial charge >= 0.3 is 5.97 Å². The molecule has 108 valence electrons. The number of rotatable bonds is 5. The summed E-state index contributed by atoms with van der Waals surface area (Å²) < 4.78 is 0.511. The molecule has 0 radical (unpaired) electrons. The number of primary amides is 1. The van der Waals surface area contributed by atoms with Crippen molar-refractivity contribution in [2.45, 2.75) is 6.04 Å². The Bertz CT molecular complexity index is 674. The van der Waals surface area contributed by atoms with Gasteiger partial charge in [0.2, 0.25) is 5.91 Å². The summed E-state index contributed by atoms with van der Waals surface area (Å²) in [5, 5.41) is 12.3. The third-order valence-corrected chi connectivity index (χ3v) is 3.58. The predicted molar refractivity (Wildman–Crippen MR) is 83.1 cm³/mol. The number of carboxylic acids is 1. The molecule has 0 aliphatic heterocycles. The van der Waals surface area contributed by atoms with Crippen LogP contribution in [0.15, 0.2) is 53.0 Å². The van der Waals surface area contributed by atoms with E-state index in [1.807, 2.05) is 6.07 Å². The second-order valence-corrected chi connectivity index (χ2v) is 5.24. The van der Waals surface area contributed by atoms with Crippen LogP contribution in [-0.4, -0.2) is 17.0 Å². The summed E-state index contributed by atoms with van der Waals surface area (Å²) in [5.74, 6) is -1.54. The molecule has 1 amide bonds. The molecule has 0 fully saturated rings. The van der Waals surface area contributed by atoms with Crippen molar-refractivity contribution in [3.63, 3.8) is 0 Å². The van der Waals surface area contributed by atoms with Crippen molar-refractivity contribution in [1.29, 1.82) is 0 Å². The van der Waals surface area contributed by atoms with E-state index in [1.54, 1.807) is 42.5 Å². The highest BCUT2D eigenvalue weighted by molar-refractivity contribution is 9.10. The lowest BCUT2D eigenvalue weighted by atomic mass is 10.1. The Hall–Kier alpha value is -2.34. The Balaban J connectivity index is 2.28. The van der Waals surface area contributed by atoms with Gasteiger partial charge in [0.15, 0.2) is 6.04 Å². The van der Waals surface area contributed by atoms with E-state index < -0.39 is 17.9 Å². The lowest BCUT2D eigenvalue weighted by molar-refractivity contribution is -0.138. The highest BCUT2D eigenvalue weighted by Crippen LogP contribution is 2.25. The fraction of sp³-hybridized carbons (Fsp3) is 0.0667. The maximum absolute atomic E-state index is 11.4. The van der Waals surface area contributed by atoms with Gasteiger partial charge in [0.25, 0.3) is 0 Å². The van der Waals surface area contributed by atoms with E-state index in [4.69, 9.17) is 5.73 Å². The van der Waals surface area contributed by atoms with Gasteiger partial charge in [-0.25, -0.2) is 4.79 Å². The maximum atomic E-state index is 11.4. The van der Waals surface area contributed by atoms with Gasteiger partial charge in [0, 0.05) is 10.2 Å². The van der Waals surface area contributed by atoms with Crippen LogP contribution in [-0.2, 0) is 4.79 Å². The number of carbonyl (C=O) groups is 2. The molecule has 0 heterocycles. The zero-order valence-corrected chi connectivity index (χ0v) is 12.5. The normalized spacial score (nSPS) is 11.7. The number of nitrogens with two attached hydrogens (primary N) is 1. The van der Waals surface area contributed by atoms with E-state index >= 15 is 0 Å². The number of aliphatic carboxylic acids is 1. The Morgan fingerprint density at radius 2 is 1.81 bits per heavy atom. The van der Waals surface area contributed by atoms with Crippen molar-refractivity contribution in [3.05, 3.63) is 64.1 Å². The number of hydrogen-bond acceptors (Lipinski definition) is 3. The number of hydrogen-bond donors (Lipinski definition) is 3. The third-order valence-electron chi connectivity index (χ3n) is 2.93. The average molecular weight is 349 g/mol. The summed E-state index contributed by atoms with van der Waals surface area (Å²) in [6, 6.07) is 12.7. The highest BCUT2D eigenvalue weighted by Gasteiger charge is 2.19. The molecule has 21 heavy (non-hydrogen) atoms. The number of benzene rings is 2. The summed E-state index contributed by atoms with van der Waals surface area (Å²) in [6.45, 7) is 0. The SMILES string of the molecule is NC(=O)c1ccc(NC(C(=O)O)c2ccccc2)cc1Br. The number of nitrogens with one attached hydrogen (secondary N) is 1. The molecule has 0 saturated heterocycles. The molecule has 0 aliphatic rings. The lowest BCUT2D eigenvalue weighted by Crippen LogP contribution is -2.20. The van der Waals surface area contributed by atoms with Crippen LogP contribution in [0.4, 0.5) is 5.69 Å². The molecule has 2 aromatic rings. The minimum Gasteiger partial charge on any atom is -0.479 e. The molecule has 5 nitrogen and oxygen atoms in total. The van der Waals surface area contributed by atoms with Crippen LogP contribution in [0.2, 0.25) is 0 Å². The van der Waals surface area contributed by atoms with Crippen molar-refractivity contribution in [2.75, 3.05) is 5.32 Å². The number of carboxylic acid groups (broad SMARTS) is 1. The van der Waals surface area contributed by atoms with E-state index in [9.17, 15) is 14.7 Å². The minimum absolute atomic E-state index is 0.340. The van der Waals surface area contributed by atoms with E-state index in [0.717, 1.165) is 0 Å². The molecule has 6 heteroatoms. The smallest absolute Gasteiger partial charge is 0.330 e. The average Bonchev–Trinajstić information content (AvgIpc) is 2.45. The van der Waals surface area contributed by atoms with E-state index in [2.05, 4.69) is 21.2 Å². The molecular formula is C15H13BrN2O3. The molecular weight excluding hydrogens is 336 g/mol. The zero-order valence-electron chi connectivity index (χ0n) is 10.9. The number of carbonyl (C=O) groups excluding carboxylic acids is 1. The molecule has 1 atom stereocenters. The van der Waals surface area contributed by atoms with Crippen molar-refractivity contribution in [1.82, 2.24) is 0 Å². The second kappa shape index (κ2) is 6.41. The highest BCUT2D eigenvalue weighted by atomic mass is 79.9. The first kappa shape index (κ1) is 15.1. The van der Waals surface area contributed by atoms with Gasteiger partial charge in [-0.1, -0.05) is 30.3 Å². The van der Waals surface area contributed by atoms with Crippen molar-refractivity contribution >= 4 is 33.5 Å². The Kier molecular flexibility index (Phi) is 4.59. The summed E-state index contributed by atoms with van der Waals surface area (Å²) in [4.78, 5) is 22.6. The molecule has 0 spiro atoms. The molecule has 0 aliphatic carbocycles. The summed E-state index contributed by atoms with van der Waals surface area (Å²) in [7, 11) is 0. The molecule has 0 bridgehead atoms. The molecule has 2 aromatic carbocycles. The molecule has 2 rings (SSSR count). The molecule has 1 unspecified atom stereocenters. The first-order valence-corrected chi connectivity index (χ1v) is 6.92. The van der Waals surface area contributed by atoms with Gasteiger partial charge in [-0.15, -0.1) is 0 Å². The largest absolute Gasteiger partial charge is 0.479 e. The van der Waals surface area contributed by atoms with Crippen LogP contribution in [0.1, 0.15) is 22.0 Å². The van der Waals surface area contributed by atoms with Crippen LogP contribution in [0, 0.1) is 0 Å². The van der Waals surface area contributed by atoms with E-state index in [1.165, 1.54) is 0 Å². The number of amides is 1. The molecule has 0 saturated carbocycles. The van der Waals surface area contributed by atoms with Crippen molar-refractivity contribution in [3.8, 4) is 0 Å². The van der Waals surface area contributed by atoms with Crippen LogP contribution < -0.4 is 11.1 Å². The Labute approximate surface area is 129 Å². The zero-order chi connectivity index (χ0) is 15.4. The van der Waals surface area contributed by atoms with Gasteiger partial charge in [0.05, 0.1) is 5.56 Å². The topological polar surface area (TPSA) is 92.4 Å². The van der Waals surface area contributed by atoms with Gasteiger partial charge in [-0.3, -0.25) is 4.79 Å². The maximum Gasteiger partial charge on any atom is 0.330 e. The van der Waals surface area contributed by atoms with E-state index in [0.29, 0.717) is 21.3 Å². The van der Waals surface area contributed by atoms with Crippen molar-refractivity contribution < 1.29 is 14.7 Å². The third kappa shape index (κ3) is 3.61. The van der Waals surface area contributed by atoms with Crippen LogP contribution >= 0.6 is 15.9 Å². The summed E-state index contributed by atoms with van der Waals surface area (Å²) in [6.07, 6.45) is 0. The number of anilines is 1. The Morgan fingerprint density at radius 3 is 2.33 bits per heavy atom. The monoisotopic (exact) mass is 348 g/mol. The number of halogens is 1. The summed E-state index contributed by atoms with van der Waals surface area (Å²) >= 11 is 3.24. The first-order chi connectivity index (χ1) is 9.99. The van der Waals surface area contributed by atoms with Gasteiger partial charge in [-0.05, 0) is 39.7 Å². The van der Waals surface area contributed by atoms with E-state index in [-0.39, 0.29) is 0 Å². The second-order valence-electron chi connectivity index (χ2n) is 4.39. The van der Waals surface area contributed by atoms with Crippen LogP contribution in [0.25, 0.3) is 0 Å². The van der Waals surface area contributed by atoms with Gasteiger partial charge in [-0.2, -0.15) is 0 Å². The first-order valence-electron chi connectivity index (χ1n) is 6.12. The molecule has 4 N–H and O–H groups in total. The fourth-order valence-electron chi connectivity index (χ4n) is 1.90. The van der Waals surface area contributed by atoms with Crippen LogP contribution in [0.5, 0.6) is 0 Å². The quantitative estimate of drug-likeness (QED) is 0.774. The standard InChI is InChI=1S/C15H13BrN2O3/c16-12-8-10(6-7-11(12)14(17)19)18-13(15(20)21)9-4-2-1-3-5-9/h1-8,13,18H,(H2,17,19)(H,20,21). The predicted octanol–water partition coefficient (Wildman–Crippen LogP) is 2.79. The lowest BCUT2D eigenvalue weighted by Gasteiger charge is -2.16. The van der Waals surface area contributed by atoms with Gasteiger partial charge in [0.1, 0.15) is 0 Å². The van der Waals surface area contributed by atoms with Crippen LogP contribution in [0.3, 0.4) is 0 Å². The minimum atomic E-state index is -0.990. The Morgan fingerprint density at radius 1 is 1.14 bits per heavy atom. The molecule has 0 aromatic heterocycles.